The first-order valence-corrected chi connectivity index (χ1v) is 8.05. The van der Waals surface area contributed by atoms with Crippen molar-refractivity contribution in [2.75, 3.05) is 11.1 Å². The number of anilines is 1. The number of hydrogen-bond acceptors (Lipinski definition) is 3. The second kappa shape index (κ2) is 5.80. The zero-order chi connectivity index (χ0) is 17.6. The monoisotopic (exact) mass is 359 g/mol. The number of carbonyl (C=O) groups excluding carboxylic acids is 1. The number of hydrogen-bond donors (Lipinski definition) is 1. The molecule has 0 fully saturated rings. The lowest BCUT2D eigenvalue weighted by atomic mass is 10.0. The van der Waals surface area contributed by atoms with Gasteiger partial charge in [0.05, 0.1) is 22.3 Å². The standard InChI is InChI=1S/C15H13F4N3OS/c1-7-12-13(24-6-11(23)20-14(12)22(2)21-7)9-5-8(15(17,18)19)3-4-10(9)16/h3-5,13H,6H2,1-2H3,(H,20,23)/t13-/m1/s1. The van der Waals surface area contributed by atoms with E-state index in [0.29, 0.717) is 23.1 Å². The maximum Gasteiger partial charge on any atom is 0.416 e. The van der Waals surface area contributed by atoms with Crippen LogP contribution in [-0.2, 0) is 18.0 Å². The van der Waals surface area contributed by atoms with E-state index in [4.69, 9.17) is 0 Å². The molecule has 9 heteroatoms. The molecule has 0 saturated heterocycles. The topological polar surface area (TPSA) is 46.9 Å². The Labute approximate surface area is 139 Å². The van der Waals surface area contributed by atoms with Crippen LogP contribution in [0.5, 0.6) is 0 Å². The van der Waals surface area contributed by atoms with Crippen molar-refractivity contribution in [3.8, 4) is 0 Å². The van der Waals surface area contributed by atoms with Crippen LogP contribution in [0.25, 0.3) is 0 Å². The van der Waals surface area contributed by atoms with Crippen molar-refractivity contribution in [2.45, 2.75) is 18.3 Å². The number of aromatic nitrogens is 2. The van der Waals surface area contributed by atoms with Gasteiger partial charge in [0.15, 0.2) is 0 Å². The first-order chi connectivity index (χ1) is 11.2. The van der Waals surface area contributed by atoms with Gasteiger partial charge in [0.2, 0.25) is 5.91 Å². The minimum atomic E-state index is -4.57. The van der Waals surface area contributed by atoms with Crippen molar-refractivity contribution in [1.29, 1.82) is 0 Å². The van der Waals surface area contributed by atoms with E-state index in [9.17, 15) is 22.4 Å². The Morgan fingerprint density at radius 1 is 1.38 bits per heavy atom. The lowest BCUT2D eigenvalue weighted by molar-refractivity contribution is -0.137. The van der Waals surface area contributed by atoms with Gasteiger partial charge in [-0.25, -0.2) is 4.39 Å². The lowest BCUT2D eigenvalue weighted by Crippen LogP contribution is -2.15. The van der Waals surface area contributed by atoms with Crippen LogP contribution < -0.4 is 5.32 Å². The molecule has 4 nitrogen and oxygen atoms in total. The molecule has 1 N–H and O–H groups in total. The van der Waals surface area contributed by atoms with Gasteiger partial charge in [0.25, 0.3) is 0 Å². The van der Waals surface area contributed by atoms with E-state index in [1.165, 1.54) is 4.68 Å². The van der Waals surface area contributed by atoms with Crippen molar-refractivity contribution < 1.29 is 22.4 Å². The molecule has 2 aromatic rings. The van der Waals surface area contributed by atoms with E-state index in [-0.39, 0.29) is 17.2 Å². The van der Waals surface area contributed by atoms with Gasteiger partial charge in [-0.1, -0.05) is 0 Å². The highest BCUT2D eigenvalue weighted by Gasteiger charge is 2.35. The predicted octanol–water partition coefficient (Wildman–Crippen LogP) is 3.66. The summed E-state index contributed by atoms with van der Waals surface area (Å²) in [5, 5.41) is 6.11. The Hall–Kier alpha value is -2.03. The maximum absolute atomic E-state index is 14.3. The van der Waals surface area contributed by atoms with Crippen LogP contribution in [0.3, 0.4) is 0 Å². The first kappa shape index (κ1) is 16.8. The molecule has 0 saturated carbocycles. The van der Waals surface area contributed by atoms with Gasteiger partial charge in [0.1, 0.15) is 11.6 Å². The van der Waals surface area contributed by atoms with Crippen molar-refractivity contribution in [3.63, 3.8) is 0 Å². The Morgan fingerprint density at radius 2 is 2.08 bits per heavy atom. The van der Waals surface area contributed by atoms with E-state index in [1.54, 1.807) is 14.0 Å². The normalized spacial score (nSPS) is 18.1. The van der Waals surface area contributed by atoms with Crippen LogP contribution in [0.2, 0.25) is 0 Å². The summed E-state index contributed by atoms with van der Waals surface area (Å²) in [6.45, 7) is 1.68. The van der Waals surface area contributed by atoms with E-state index in [0.717, 1.165) is 23.9 Å². The lowest BCUT2D eigenvalue weighted by Gasteiger charge is -2.18. The van der Waals surface area contributed by atoms with Crippen LogP contribution in [-0.4, -0.2) is 21.4 Å². The van der Waals surface area contributed by atoms with E-state index >= 15 is 0 Å². The van der Waals surface area contributed by atoms with Crippen LogP contribution >= 0.6 is 11.8 Å². The molecule has 0 radical (unpaired) electrons. The van der Waals surface area contributed by atoms with E-state index < -0.39 is 22.8 Å². The molecule has 0 aliphatic carbocycles. The van der Waals surface area contributed by atoms with Gasteiger partial charge < -0.3 is 5.32 Å². The van der Waals surface area contributed by atoms with Crippen molar-refractivity contribution in [3.05, 3.63) is 46.4 Å². The third kappa shape index (κ3) is 2.88. The Kier molecular flexibility index (Phi) is 4.06. The Balaban J connectivity index is 2.18. The summed E-state index contributed by atoms with van der Waals surface area (Å²) in [5.41, 5.74) is 0.0189. The number of nitrogens with one attached hydrogen (secondary N) is 1. The van der Waals surface area contributed by atoms with Crippen molar-refractivity contribution in [1.82, 2.24) is 9.78 Å². The van der Waals surface area contributed by atoms with Gasteiger partial charge in [0, 0.05) is 18.2 Å². The van der Waals surface area contributed by atoms with Gasteiger partial charge in [-0.15, -0.1) is 11.8 Å². The van der Waals surface area contributed by atoms with E-state index in [2.05, 4.69) is 10.4 Å². The highest BCUT2D eigenvalue weighted by molar-refractivity contribution is 8.00. The molecule has 24 heavy (non-hydrogen) atoms. The maximum atomic E-state index is 14.3. The third-order valence-corrected chi connectivity index (χ3v) is 5.03. The number of aryl methyl sites for hydroxylation is 2. The molecule has 128 valence electrons. The fourth-order valence-electron chi connectivity index (χ4n) is 2.71. The second-order valence-corrected chi connectivity index (χ2v) is 6.54. The highest BCUT2D eigenvalue weighted by Crippen LogP contribution is 2.45. The molecule has 2 heterocycles. The van der Waals surface area contributed by atoms with Crippen LogP contribution in [0.4, 0.5) is 23.4 Å². The van der Waals surface area contributed by atoms with Crippen molar-refractivity contribution in [2.24, 2.45) is 7.05 Å². The minimum absolute atomic E-state index is 0.00840. The summed E-state index contributed by atoms with van der Waals surface area (Å²) in [4.78, 5) is 11.8. The average Bonchev–Trinajstić information content (AvgIpc) is 2.66. The molecule has 3 rings (SSSR count). The molecular weight excluding hydrogens is 346 g/mol. The zero-order valence-corrected chi connectivity index (χ0v) is 13.6. The Morgan fingerprint density at radius 3 is 2.75 bits per heavy atom. The zero-order valence-electron chi connectivity index (χ0n) is 12.7. The average molecular weight is 359 g/mol. The number of nitrogens with zero attached hydrogens (tertiary/aromatic N) is 2. The second-order valence-electron chi connectivity index (χ2n) is 5.44. The van der Waals surface area contributed by atoms with Crippen LogP contribution in [0.1, 0.15) is 27.6 Å². The summed E-state index contributed by atoms with van der Waals surface area (Å²) in [6.07, 6.45) is -4.57. The van der Waals surface area contributed by atoms with E-state index in [1.807, 2.05) is 0 Å². The largest absolute Gasteiger partial charge is 0.416 e. The number of halogens is 4. The predicted molar refractivity (Wildman–Crippen MR) is 82.3 cm³/mol. The Bertz CT molecular complexity index is 816. The SMILES string of the molecule is Cc1nn(C)c2c1[C@@H](c1cc(C(F)(F)F)ccc1F)SCC(=O)N2. The fraction of sp³-hybridized carbons (Fsp3) is 0.333. The smallest absolute Gasteiger partial charge is 0.310 e. The molecule has 1 amide bonds. The van der Waals surface area contributed by atoms with Crippen LogP contribution in [0, 0.1) is 12.7 Å². The van der Waals surface area contributed by atoms with Crippen LogP contribution in [0.15, 0.2) is 18.2 Å². The molecule has 1 aromatic heterocycles. The molecular formula is C15H13F4N3OS. The third-order valence-electron chi connectivity index (χ3n) is 3.78. The molecule has 0 bridgehead atoms. The first-order valence-electron chi connectivity index (χ1n) is 7.00. The van der Waals surface area contributed by atoms with Gasteiger partial charge >= 0.3 is 6.18 Å². The summed E-state index contributed by atoms with van der Waals surface area (Å²) < 4.78 is 54.7. The molecule has 1 atom stereocenters. The number of benzene rings is 1. The quantitative estimate of drug-likeness (QED) is 0.791. The summed E-state index contributed by atoms with van der Waals surface area (Å²) >= 11 is 1.08. The molecule has 0 spiro atoms. The number of amides is 1. The molecule has 1 aromatic carbocycles. The number of carbonyl (C=O) groups is 1. The fourth-order valence-corrected chi connectivity index (χ4v) is 3.91. The van der Waals surface area contributed by atoms with Gasteiger partial charge in [-0.2, -0.15) is 18.3 Å². The number of fused-ring (bicyclic) bond motifs is 1. The number of rotatable bonds is 1. The summed E-state index contributed by atoms with van der Waals surface area (Å²) in [5.74, 6) is -0.665. The molecule has 0 unspecified atom stereocenters. The highest BCUT2D eigenvalue weighted by atomic mass is 32.2. The van der Waals surface area contributed by atoms with Crippen molar-refractivity contribution >= 4 is 23.5 Å². The molecule has 1 aliphatic heterocycles. The number of thioether (sulfide) groups is 1. The molecule has 1 aliphatic rings. The number of alkyl halides is 3. The van der Waals surface area contributed by atoms with Gasteiger partial charge in [-0.05, 0) is 25.1 Å². The summed E-state index contributed by atoms with van der Waals surface area (Å²) in [7, 11) is 1.61. The van der Waals surface area contributed by atoms with Gasteiger partial charge in [-0.3, -0.25) is 9.48 Å². The summed E-state index contributed by atoms with van der Waals surface area (Å²) in [6, 6.07) is 2.32. The minimum Gasteiger partial charge on any atom is -0.310 e.